The molecule has 0 saturated heterocycles. The first kappa shape index (κ1) is 11.7. The first-order chi connectivity index (χ1) is 8.66. The van der Waals surface area contributed by atoms with Gasteiger partial charge in [-0.1, -0.05) is 18.0 Å². The molecule has 0 aliphatic heterocycles. The molecule has 3 heteroatoms. The van der Waals surface area contributed by atoms with Gasteiger partial charge in [-0.3, -0.25) is 0 Å². The lowest BCUT2D eigenvalue weighted by Crippen LogP contribution is -2.50. The van der Waals surface area contributed by atoms with Crippen LogP contribution in [0.15, 0.2) is 12.1 Å². The monoisotopic (exact) mass is 281 g/mol. The third-order valence-corrected chi connectivity index (χ3v) is 7.05. The van der Waals surface area contributed by atoms with E-state index in [0.717, 1.165) is 34.4 Å². The lowest BCUT2D eigenvalue weighted by molar-refractivity contribution is 0.157. The Morgan fingerprint density at radius 3 is 2.94 bits per heavy atom. The van der Waals surface area contributed by atoms with E-state index in [-0.39, 0.29) is 5.54 Å². The van der Waals surface area contributed by atoms with Crippen molar-refractivity contribution in [3.05, 3.63) is 21.3 Å². The molecule has 1 heterocycles. The molecule has 0 aromatic carbocycles. The molecule has 2 N–H and O–H groups in total. The van der Waals surface area contributed by atoms with Gasteiger partial charge in [0.15, 0.2) is 0 Å². The summed E-state index contributed by atoms with van der Waals surface area (Å²) in [6.45, 7) is 0. The van der Waals surface area contributed by atoms with E-state index < -0.39 is 0 Å². The van der Waals surface area contributed by atoms with E-state index in [0.29, 0.717) is 0 Å². The molecule has 1 aromatic heterocycles. The maximum absolute atomic E-state index is 6.81. The molecule has 18 heavy (non-hydrogen) atoms. The van der Waals surface area contributed by atoms with Crippen molar-refractivity contribution in [2.45, 2.75) is 44.1 Å². The van der Waals surface area contributed by atoms with Crippen molar-refractivity contribution in [2.24, 2.45) is 29.4 Å². The van der Waals surface area contributed by atoms with Crippen molar-refractivity contribution in [3.8, 4) is 0 Å². The summed E-state index contributed by atoms with van der Waals surface area (Å²) in [5.74, 6) is 3.70. The molecule has 2 bridgehead atoms. The van der Waals surface area contributed by atoms with E-state index in [1.54, 1.807) is 11.3 Å². The molecule has 5 unspecified atom stereocenters. The molecule has 3 aliphatic carbocycles. The largest absolute Gasteiger partial charge is 0.325 e. The van der Waals surface area contributed by atoms with Crippen molar-refractivity contribution < 1.29 is 0 Å². The van der Waals surface area contributed by atoms with Crippen LogP contribution in [0.25, 0.3) is 0 Å². The fourth-order valence-electron chi connectivity index (χ4n) is 5.29. The summed E-state index contributed by atoms with van der Waals surface area (Å²) >= 11 is 7.75. The van der Waals surface area contributed by atoms with Gasteiger partial charge in [-0.2, -0.15) is 0 Å². The first-order valence-electron chi connectivity index (χ1n) is 7.19. The van der Waals surface area contributed by atoms with E-state index in [9.17, 15) is 0 Å². The average Bonchev–Trinajstić information content (AvgIpc) is 2.99. The summed E-state index contributed by atoms with van der Waals surface area (Å²) in [6, 6.07) is 4.18. The van der Waals surface area contributed by atoms with Gasteiger partial charge in [0.1, 0.15) is 0 Å². The Balaban J connectivity index is 1.58. The van der Waals surface area contributed by atoms with Crippen LogP contribution in [-0.4, -0.2) is 5.54 Å². The van der Waals surface area contributed by atoms with Crippen molar-refractivity contribution in [1.82, 2.24) is 0 Å². The molecule has 3 aliphatic rings. The highest BCUT2D eigenvalue weighted by atomic mass is 35.5. The Kier molecular flexibility index (Phi) is 2.59. The molecule has 0 spiro atoms. The molecule has 0 amide bonds. The molecule has 0 radical (unpaired) electrons. The third kappa shape index (κ3) is 1.62. The summed E-state index contributed by atoms with van der Waals surface area (Å²) in [7, 11) is 0. The topological polar surface area (TPSA) is 26.0 Å². The van der Waals surface area contributed by atoms with Gasteiger partial charge in [-0.05, 0) is 61.5 Å². The molecule has 98 valence electrons. The fourth-order valence-corrected chi connectivity index (χ4v) is 6.51. The Hall–Kier alpha value is -0.0500. The maximum atomic E-state index is 6.81. The minimum Gasteiger partial charge on any atom is -0.325 e. The summed E-state index contributed by atoms with van der Waals surface area (Å²) in [5, 5.41) is 0. The van der Waals surface area contributed by atoms with Gasteiger partial charge in [0.05, 0.1) is 4.34 Å². The number of halogens is 1. The first-order valence-corrected chi connectivity index (χ1v) is 8.38. The van der Waals surface area contributed by atoms with Crippen molar-refractivity contribution >= 4 is 22.9 Å². The molecule has 1 aromatic rings. The van der Waals surface area contributed by atoms with Crippen LogP contribution in [-0.2, 0) is 6.42 Å². The molecule has 5 atom stereocenters. The third-order valence-electron chi connectivity index (χ3n) is 5.82. The van der Waals surface area contributed by atoms with Gasteiger partial charge in [0.2, 0.25) is 0 Å². The van der Waals surface area contributed by atoms with Crippen LogP contribution in [0.2, 0.25) is 4.34 Å². The predicted molar refractivity (Wildman–Crippen MR) is 77.0 cm³/mol. The summed E-state index contributed by atoms with van der Waals surface area (Å²) < 4.78 is 0.899. The van der Waals surface area contributed by atoms with E-state index in [1.165, 1.54) is 37.0 Å². The minimum atomic E-state index is 0.0738. The lowest BCUT2D eigenvalue weighted by Gasteiger charge is -2.40. The number of fused-ring (bicyclic) bond motifs is 5. The quantitative estimate of drug-likeness (QED) is 0.868. The zero-order chi connectivity index (χ0) is 12.3. The molecular formula is C15H20ClNS. The van der Waals surface area contributed by atoms with Crippen LogP contribution in [0.3, 0.4) is 0 Å². The van der Waals surface area contributed by atoms with Gasteiger partial charge in [0.25, 0.3) is 0 Å². The number of nitrogens with two attached hydrogens (primary N) is 1. The van der Waals surface area contributed by atoms with E-state index in [1.807, 2.05) is 6.07 Å². The van der Waals surface area contributed by atoms with Crippen molar-refractivity contribution in [3.63, 3.8) is 0 Å². The number of rotatable bonds is 2. The summed E-state index contributed by atoms with van der Waals surface area (Å²) in [5.41, 5.74) is 6.88. The van der Waals surface area contributed by atoms with E-state index >= 15 is 0 Å². The van der Waals surface area contributed by atoms with Crippen molar-refractivity contribution in [1.29, 1.82) is 0 Å². The number of hydrogen-bond donors (Lipinski definition) is 1. The molecule has 3 saturated carbocycles. The fraction of sp³-hybridized carbons (Fsp3) is 0.733. The average molecular weight is 282 g/mol. The van der Waals surface area contributed by atoms with Gasteiger partial charge in [-0.15, -0.1) is 11.3 Å². The molecule has 4 rings (SSSR count). The number of hydrogen-bond acceptors (Lipinski definition) is 2. The van der Waals surface area contributed by atoms with Gasteiger partial charge < -0.3 is 5.73 Å². The van der Waals surface area contributed by atoms with Gasteiger partial charge >= 0.3 is 0 Å². The normalized spacial score (nSPS) is 45.7. The predicted octanol–water partition coefficient (Wildman–Crippen LogP) is 4.10. The zero-order valence-corrected chi connectivity index (χ0v) is 12.1. The van der Waals surface area contributed by atoms with Crippen LogP contribution in [0.1, 0.15) is 37.0 Å². The van der Waals surface area contributed by atoms with Crippen molar-refractivity contribution in [2.75, 3.05) is 0 Å². The van der Waals surface area contributed by atoms with Crippen LogP contribution >= 0.6 is 22.9 Å². The van der Waals surface area contributed by atoms with E-state index in [4.69, 9.17) is 17.3 Å². The highest BCUT2D eigenvalue weighted by Gasteiger charge is 2.59. The van der Waals surface area contributed by atoms with Crippen LogP contribution in [0.5, 0.6) is 0 Å². The molecular weight excluding hydrogens is 262 g/mol. The van der Waals surface area contributed by atoms with Crippen LogP contribution < -0.4 is 5.73 Å². The smallest absolute Gasteiger partial charge is 0.0931 e. The van der Waals surface area contributed by atoms with Crippen LogP contribution in [0, 0.1) is 23.7 Å². The summed E-state index contributed by atoms with van der Waals surface area (Å²) in [6.07, 6.45) is 8.08. The Morgan fingerprint density at radius 1 is 1.33 bits per heavy atom. The second kappa shape index (κ2) is 3.97. The Bertz CT molecular complexity index is 471. The number of thiophene rings is 1. The minimum absolute atomic E-state index is 0.0738. The van der Waals surface area contributed by atoms with Crippen LogP contribution in [0.4, 0.5) is 0 Å². The zero-order valence-electron chi connectivity index (χ0n) is 10.6. The van der Waals surface area contributed by atoms with Gasteiger partial charge in [0, 0.05) is 16.8 Å². The second-order valence-corrected chi connectivity index (χ2v) is 8.48. The Labute approximate surface area is 118 Å². The van der Waals surface area contributed by atoms with Gasteiger partial charge in [-0.25, -0.2) is 0 Å². The highest BCUT2D eigenvalue weighted by molar-refractivity contribution is 7.16. The lowest BCUT2D eigenvalue weighted by atomic mass is 9.70. The Morgan fingerprint density at radius 2 is 2.17 bits per heavy atom. The molecule has 3 fully saturated rings. The molecule has 1 nitrogen and oxygen atoms in total. The van der Waals surface area contributed by atoms with E-state index in [2.05, 4.69) is 6.07 Å². The highest BCUT2D eigenvalue weighted by Crippen LogP contribution is 2.62. The SMILES string of the molecule is NC1(Cc2ccc(Cl)s2)CC2CC1C1CCCC21. The summed E-state index contributed by atoms with van der Waals surface area (Å²) in [4.78, 5) is 1.38. The standard InChI is InChI=1S/C15H20ClNS/c16-14-5-4-10(18-14)8-15(17)7-9-6-13(15)12-3-1-2-11(9)12/h4-5,9,11-13H,1-3,6-8,17H2. The second-order valence-electron chi connectivity index (χ2n) is 6.68. The maximum Gasteiger partial charge on any atom is 0.0931 e.